The zero-order chi connectivity index (χ0) is 12.3. The minimum absolute atomic E-state index is 0.166. The Morgan fingerprint density at radius 1 is 1.41 bits per heavy atom. The van der Waals surface area contributed by atoms with Crippen molar-refractivity contribution in [3.05, 3.63) is 30.5 Å². The number of pyridine rings is 1. The summed E-state index contributed by atoms with van der Waals surface area (Å²) in [5.74, 6) is 0.918. The maximum Gasteiger partial charge on any atom is 0.179 e. The van der Waals surface area contributed by atoms with Gasteiger partial charge in [-0.05, 0) is 12.1 Å². The molecule has 2 aromatic rings. The van der Waals surface area contributed by atoms with Crippen LogP contribution in [0.1, 0.15) is 5.82 Å². The van der Waals surface area contributed by atoms with Crippen molar-refractivity contribution in [1.29, 1.82) is 0 Å². The van der Waals surface area contributed by atoms with Crippen molar-refractivity contribution in [2.45, 2.75) is 11.4 Å². The van der Waals surface area contributed by atoms with Crippen LogP contribution in [0.25, 0.3) is 0 Å². The first-order valence-electron chi connectivity index (χ1n) is 4.80. The zero-order valence-corrected chi connectivity index (χ0v) is 9.90. The van der Waals surface area contributed by atoms with Gasteiger partial charge >= 0.3 is 0 Å². The molecule has 0 radical (unpaired) electrons. The molecule has 0 unspecified atom stereocenters. The second-order valence-electron chi connectivity index (χ2n) is 3.41. The van der Waals surface area contributed by atoms with Gasteiger partial charge in [0.25, 0.3) is 0 Å². The third-order valence-electron chi connectivity index (χ3n) is 2.06. The molecule has 0 aliphatic heterocycles. The fourth-order valence-electron chi connectivity index (χ4n) is 1.31. The van der Waals surface area contributed by atoms with E-state index in [1.54, 1.807) is 6.07 Å². The third-order valence-corrected chi connectivity index (χ3v) is 3.19. The van der Waals surface area contributed by atoms with Crippen LogP contribution in [-0.2, 0) is 16.4 Å². The zero-order valence-electron chi connectivity index (χ0n) is 9.08. The monoisotopic (exact) mass is 253 g/mol. The number of hydrogen-bond donors (Lipinski definition) is 2. The van der Waals surface area contributed by atoms with Gasteiger partial charge in [0.2, 0.25) is 0 Å². The van der Waals surface area contributed by atoms with Gasteiger partial charge < -0.3 is 5.32 Å². The number of aromatic nitrogens is 4. The van der Waals surface area contributed by atoms with Gasteiger partial charge in [0, 0.05) is 12.5 Å². The summed E-state index contributed by atoms with van der Waals surface area (Å²) in [7, 11) is -3.30. The van der Waals surface area contributed by atoms with Gasteiger partial charge in [-0.15, -0.1) is 0 Å². The first-order valence-corrected chi connectivity index (χ1v) is 6.69. The summed E-state index contributed by atoms with van der Waals surface area (Å²) in [5, 5.41) is 9.25. The van der Waals surface area contributed by atoms with E-state index in [0.717, 1.165) is 6.26 Å². The Morgan fingerprint density at radius 2 is 2.24 bits per heavy atom. The lowest BCUT2D eigenvalue weighted by atomic mass is 10.4. The minimum Gasteiger partial charge on any atom is -0.362 e. The second-order valence-corrected chi connectivity index (χ2v) is 5.39. The Balaban J connectivity index is 2.22. The molecule has 0 saturated heterocycles. The lowest BCUT2D eigenvalue weighted by molar-refractivity contribution is 0.601. The van der Waals surface area contributed by atoms with Crippen LogP contribution in [0.4, 0.5) is 5.82 Å². The summed E-state index contributed by atoms with van der Waals surface area (Å²) < 4.78 is 23.0. The maximum atomic E-state index is 11.5. The summed E-state index contributed by atoms with van der Waals surface area (Å²) >= 11 is 0. The molecular formula is C9H11N5O2S. The number of sulfone groups is 1. The highest BCUT2D eigenvalue weighted by Gasteiger charge is 2.13. The van der Waals surface area contributed by atoms with E-state index < -0.39 is 9.84 Å². The normalized spacial score (nSPS) is 11.4. The average Bonchev–Trinajstić information content (AvgIpc) is 2.78. The van der Waals surface area contributed by atoms with Crippen LogP contribution in [0.15, 0.2) is 29.6 Å². The van der Waals surface area contributed by atoms with Crippen LogP contribution in [0.2, 0.25) is 0 Å². The summed E-state index contributed by atoms with van der Waals surface area (Å²) in [4.78, 5) is 8.08. The van der Waals surface area contributed by atoms with E-state index in [2.05, 4.69) is 25.5 Å². The second kappa shape index (κ2) is 4.50. The molecule has 90 valence electrons. The molecule has 0 atom stereocenters. The molecular weight excluding hydrogens is 242 g/mol. The standard InChI is InChI=1S/C9H11N5O2S/c1-17(15,16)7-3-2-4-10-9(7)11-5-8-12-6-13-14-8/h2-4,6H,5H2,1H3,(H,10,11)(H,12,13,14). The van der Waals surface area contributed by atoms with Crippen molar-refractivity contribution < 1.29 is 8.42 Å². The predicted molar refractivity (Wildman–Crippen MR) is 61.1 cm³/mol. The molecule has 2 N–H and O–H groups in total. The molecule has 0 amide bonds. The summed E-state index contributed by atoms with van der Waals surface area (Å²) in [6.45, 7) is 0.333. The minimum atomic E-state index is -3.30. The summed E-state index contributed by atoms with van der Waals surface area (Å²) in [6.07, 6.45) is 4.05. The SMILES string of the molecule is CS(=O)(=O)c1cccnc1NCc1ncn[nH]1. The molecule has 2 rings (SSSR count). The Morgan fingerprint density at radius 3 is 2.88 bits per heavy atom. The smallest absolute Gasteiger partial charge is 0.179 e. The Labute approximate surface area is 98.2 Å². The topological polar surface area (TPSA) is 101 Å². The van der Waals surface area contributed by atoms with Crippen LogP contribution in [-0.4, -0.2) is 34.8 Å². The van der Waals surface area contributed by atoms with Crippen molar-refractivity contribution in [2.75, 3.05) is 11.6 Å². The molecule has 0 fully saturated rings. The van der Waals surface area contributed by atoms with Crippen LogP contribution in [0, 0.1) is 0 Å². The van der Waals surface area contributed by atoms with Gasteiger partial charge in [-0.25, -0.2) is 18.4 Å². The summed E-state index contributed by atoms with van der Waals surface area (Å²) in [5.41, 5.74) is 0. The van der Waals surface area contributed by atoms with Crippen LogP contribution in [0.5, 0.6) is 0 Å². The lowest BCUT2D eigenvalue weighted by Crippen LogP contribution is -2.08. The van der Waals surface area contributed by atoms with E-state index in [4.69, 9.17) is 0 Å². The summed E-state index contributed by atoms with van der Waals surface area (Å²) in [6, 6.07) is 3.08. The van der Waals surface area contributed by atoms with Gasteiger partial charge in [0.15, 0.2) is 9.84 Å². The molecule has 2 heterocycles. The van der Waals surface area contributed by atoms with Crippen molar-refractivity contribution in [3.63, 3.8) is 0 Å². The molecule has 0 bridgehead atoms. The number of anilines is 1. The molecule has 2 aromatic heterocycles. The fraction of sp³-hybridized carbons (Fsp3) is 0.222. The van der Waals surface area contributed by atoms with Gasteiger partial charge in [0.1, 0.15) is 22.9 Å². The quantitative estimate of drug-likeness (QED) is 0.808. The Kier molecular flexibility index (Phi) is 3.05. The van der Waals surface area contributed by atoms with Crippen LogP contribution < -0.4 is 5.32 Å². The van der Waals surface area contributed by atoms with E-state index in [-0.39, 0.29) is 4.90 Å². The van der Waals surface area contributed by atoms with Crippen molar-refractivity contribution in [3.8, 4) is 0 Å². The molecule has 0 saturated carbocycles. The third kappa shape index (κ3) is 2.78. The largest absolute Gasteiger partial charge is 0.362 e. The van der Waals surface area contributed by atoms with Gasteiger partial charge in [-0.1, -0.05) is 0 Å². The Bertz CT molecular complexity index is 594. The highest BCUT2D eigenvalue weighted by molar-refractivity contribution is 7.90. The molecule has 8 heteroatoms. The number of H-pyrrole nitrogens is 1. The van der Waals surface area contributed by atoms with E-state index in [1.807, 2.05) is 0 Å². The molecule has 0 aromatic carbocycles. The van der Waals surface area contributed by atoms with Gasteiger partial charge in [0.05, 0.1) is 6.54 Å². The fourth-order valence-corrected chi connectivity index (χ4v) is 2.11. The van der Waals surface area contributed by atoms with Crippen LogP contribution >= 0.6 is 0 Å². The number of aromatic amines is 1. The first-order chi connectivity index (χ1) is 8.07. The maximum absolute atomic E-state index is 11.5. The van der Waals surface area contributed by atoms with Crippen molar-refractivity contribution in [1.82, 2.24) is 20.2 Å². The molecule has 0 spiro atoms. The molecule has 0 aliphatic rings. The van der Waals surface area contributed by atoms with E-state index in [0.29, 0.717) is 18.2 Å². The van der Waals surface area contributed by atoms with Gasteiger partial charge in [-0.3, -0.25) is 5.10 Å². The number of hydrogen-bond acceptors (Lipinski definition) is 6. The number of nitrogens with one attached hydrogen (secondary N) is 2. The van der Waals surface area contributed by atoms with Gasteiger partial charge in [-0.2, -0.15) is 5.10 Å². The predicted octanol–water partition coefficient (Wildman–Crippen LogP) is 0.215. The lowest BCUT2D eigenvalue weighted by Gasteiger charge is -2.07. The Hall–Kier alpha value is -1.96. The number of rotatable bonds is 4. The average molecular weight is 253 g/mol. The van der Waals surface area contributed by atoms with Crippen molar-refractivity contribution >= 4 is 15.7 Å². The van der Waals surface area contributed by atoms with Crippen LogP contribution in [0.3, 0.4) is 0 Å². The molecule has 17 heavy (non-hydrogen) atoms. The highest BCUT2D eigenvalue weighted by Crippen LogP contribution is 2.17. The van der Waals surface area contributed by atoms with E-state index in [1.165, 1.54) is 18.6 Å². The number of nitrogens with zero attached hydrogens (tertiary/aromatic N) is 3. The highest BCUT2D eigenvalue weighted by atomic mass is 32.2. The molecule has 7 nitrogen and oxygen atoms in total. The van der Waals surface area contributed by atoms with E-state index >= 15 is 0 Å². The van der Waals surface area contributed by atoms with Crippen molar-refractivity contribution in [2.24, 2.45) is 0 Å². The van der Waals surface area contributed by atoms with E-state index in [9.17, 15) is 8.42 Å². The first kappa shape index (κ1) is 11.5. The molecule has 0 aliphatic carbocycles.